The van der Waals surface area contributed by atoms with E-state index in [2.05, 4.69) is 139 Å². The quantitative estimate of drug-likeness (QED) is 0.140. The third kappa shape index (κ3) is 7.10. The number of pyridine rings is 4. The van der Waals surface area contributed by atoms with Crippen LogP contribution >= 0.6 is 0 Å². The molecule has 0 saturated carbocycles. The first-order chi connectivity index (χ1) is 27.3. The highest BCUT2D eigenvalue weighted by Gasteiger charge is 2.16. The maximum atomic E-state index is 6.45. The van der Waals surface area contributed by atoms with Crippen molar-refractivity contribution in [3.05, 3.63) is 207 Å². The Morgan fingerprint density at radius 2 is 0.600 bits per heavy atom. The van der Waals surface area contributed by atoms with E-state index in [0.29, 0.717) is 0 Å². The van der Waals surface area contributed by atoms with Gasteiger partial charge in [0.2, 0.25) is 0 Å². The molecular formula is C48H34N6O. The number of anilines is 6. The van der Waals surface area contributed by atoms with E-state index in [1.54, 1.807) is 12.4 Å². The van der Waals surface area contributed by atoms with E-state index in [0.717, 1.165) is 79.0 Å². The van der Waals surface area contributed by atoms with Crippen LogP contribution in [0.1, 0.15) is 0 Å². The highest BCUT2D eigenvalue weighted by molar-refractivity contribution is 5.81. The van der Waals surface area contributed by atoms with Crippen LogP contribution in [0.4, 0.5) is 34.1 Å². The number of aromatic nitrogens is 4. The van der Waals surface area contributed by atoms with Crippen molar-refractivity contribution < 1.29 is 4.42 Å². The van der Waals surface area contributed by atoms with Gasteiger partial charge in [0.1, 0.15) is 11.5 Å². The lowest BCUT2D eigenvalue weighted by Gasteiger charge is -2.25. The standard InChI is InChI=1S/C48H34N6O/c1-3-39(33-51-27-1)35-5-13-41(14-6-35)53(45-23-29-49-30-24-45)43-17-9-37(10-18-43)47-21-22-48(55-47)38-11-19-44(20-12-38)54(46-25-31-50-32-26-46)42-15-7-36(8-16-42)40-4-2-28-52-34-40/h1-34H. The monoisotopic (exact) mass is 710 g/mol. The SMILES string of the molecule is c1cncc(-c2ccc(N(c3ccncc3)c3ccc(-c4ccc(-c5ccc(N(c6ccncc6)c6ccc(-c7cccnc7)cc6)cc5)o4)cc3)cc2)c1. The Morgan fingerprint density at radius 3 is 0.927 bits per heavy atom. The molecule has 0 atom stereocenters. The van der Waals surface area contributed by atoms with Gasteiger partial charge in [0, 0.05) is 94.8 Å². The van der Waals surface area contributed by atoms with Gasteiger partial charge in [0.15, 0.2) is 0 Å². The summed E-state index contributed by atoms with van der Waals surface area (Å²) in [6, 6.07) is 54.1. The Morgan fingerprint density at radius 1 is 0.273 bits per heavy atom. The summed E-state index contributed by atoms with van der Waals surface area (Å²) in [6.07, 6.45) is 14.6. The Labute approximate surface area is 319 Å². The van der Waals surface area contributed by atoms with E-state index < -0.39 is 0 Å². The second-order valence-electron chi connectivity index (χ2n) is 12.9. The van der Waals surface area contributed by atoms with Crippen LogP contribution in [0.25, 0.3) is 44.9 Å². The summed E-state index contributed by atoms with van der Waals surface area (Å²) in [6.45, 7) is 0. The normalized spacial score (nSPS) is 10.9. The molecule has 5 aromatic heterocycles. The Hall–Kier alpha value is -7.64. The lowest BCUT2D eigenvalue weighted by atomic mass is 10.1. The summed E-state index contributed by atoms with van der Waals surface area (Å²) >= 11 is 0. The van der Waals surface area contributed by atoms with E-state index in [1.807, 2.05) is 85.7 Å². The molecule has 9 aromatic rings. The first-order valence-electron chi connectivity index (χ1n) is 18.0. The molecule has 0 saturated heterocycles. The van der Waals surface area contributed by atoms with Crippen molar-refractivity contribution in [1.82, 2.24) is 19.9 Å². The topological polar surface area (TPSA) is 71.2 Å². The fraction of sp³-hybridized carbons (Fsp3) is 0. The molecular weight excluding hydrogens is 677 g/mol. The van der Waals surface area contributed by atoms with Crippen LogP contribution in [0.3, 0.4) is 0 Å². The highest BCUT2D eigenvalue weighted by atomic mass is 16.3. The van der Waals surface area contributed by atoms with Crippen molar-refractivity contribution >= 4 is 34.1 Å². The van der Waals surface area contributed by atoms with E-state index in [4.69, 9.17) is 4.42 Å². The van der Waals surface area contributed by atoms with Crippen molar-refractivity contribution in [2.45, 2.75) is 0 Å². The fourth-order valence-electron chi connectivity index (χ4n) is 6.75. The van der Waals surface area contributed by atoms with Crippen molar-refractivity contribution in [1.29, 1.82) is 0 Å². The second kappa shape index (κ2) is 15.1. The van der Waals surface area contributed by atoms with Gasteiger partial charge in [-0.1, -0.05) is 36.4 Å². The summed E-state index contributed by atoms with van der Waals surface area (Å²) in [4.78, 5) is 21.5. The molecule has 0 N–H and O–H groups in total. The van der Waals surface area contributed by atoms with Gasteiger partial charge in [-0.05, 0) is 144 Å². The summed E-state index contributed by atoms with van der Waals surface area (Å²) in [7, 11) is 0. The predicted octanol–water partition coefficient (Wildman–Crippen LogP) is 12.5. The average Bonchev–Trinajstić information content (AvgIpc) is 3.77. The van der Waals surface area contributed by atoms with E-state index >= 15 is 0 Å². The molecule has 262 valence electrons. The summed E-state index contributed by atoms with van der Waals surface area (Å²) < 4.78 is 6.45. The maximum absolute atomic E-state index is 6.45. The van der Waals surface area contributed by atoms with Crippen LogP contribution < -0.4 is 9.80 Å². The van der Waals surface area contributed by atoms with Crippen LogP contribution in [0.15, 0.2) is 212 Å². The Balaban J connectivity index is 0.962. The molecule has 5 heterocycles. The molecule has 0 aliphatic rings. The number of hydrogen-bond donors (Lipinski definition) is 0. The van der Waals surface area contributed by atoms with Crippen molar-refractivity contribution in [3.63, 3.8) is 0 Å². The smallest absolute Gasteiger partial charge is 0.134 e. The first-order valence-corrected chi connectivity index (χ1v) is 18.0. The third-order valence-corrected chi connectivity index (χ3v) is 9.51. The molecule has 7 heteroatoms. The molecule has 9 rings (SSSR count). The van der Waals surface area contributed by atoms with Crippen LogP contribution in [0.5, 0.6) is 0 Å². The highest BCUT2D eigenvalue weighted by Crippen LogP contribution is 2.39. The van der Waals surface area contributed by atoms with Crippen LogP contribution in [0.2, 0.25) is 0 Å². The van der Waals surface area contributed by atoms with Crippen LogP contribution in [-0.4, -0.2) is 19.9 Å². The molecule has 0 spiro atoms. The summed E-state index contributed by atoms with van der Waals surface area (Å²) in [5.41, 5.74) is 12.5. The minimum Gasteiger partial charge on any atom is -0.456 e. The predicted molar refractivity (Wildman–Crippen MR) is 221 cm³/mol. The van der Waals surface area contributed by atoms with Crippen molar-refractivity contribution in [2.24, 2.45) is 0 Å². The van der Waals surface area contributed by atoms with Gasteiger partial charge < -0.3 is 14.2 Å². The Bertz CT molecular complexity index is 2410. The number of nitrogens with zero attached hydrogens (tertiary/aromatic N) is 6. The molecule has 4 aromatic carbocycles. The molecule has 7 nitrogen and oxygen atoms in total. The zero-order chi connectivity index (χ0) is 36.8. The lowest BCUT2D eigenvalue weighted by molar-refractivity contribution is 0.597. The maximum Gasteiger partial charge on any atom is 0.134 e. The number of benzene rings is 4. The van der Waals surface area contributed by atoms with Crippen LogP contribution in [0, 0.1) is 0 Å². The molecule has 0 fully saturated rings. The third-order valence-electron chi connectivity index (χ3n) is 9.51. The fourth-order valence-corrected chi connectivity index (χ4v) is 6.75. The van der Waals surface area contributed by atoms with Crippen molar-refractivity contribution in [2.75, 3.05) is 9.80 Å². The largest absolute Gasteiger partial charge is 0.456 e. The van der Waals surface area contributed by atoms with E-state index in [-0.39, 0.29) is 0 Å². The molecule has 0 amide bonds. The summed E-state index contributed by atoms with van der Waals surface area (Å²) in [5, 5.41) is 0. The van der Waals surface area contributed by atoms with Gasteiger partial charge >= 0.3 is 0 Å². The van der Waals surface area contributed by atoms with E-state index in [9.17, 15) is 0 Å². The molecule has 55 heavy (non-hydrogen) atoms. The van der Waals surface area contributed by atoms with Crippen molar-refractivity contribution in [3.8, 4) is 44.9 Å². The molecule has 0 aliphatic heterocycles. The van der Waals surface area contributed by atoms with E-state index in [1.165, 1.54) is 0 Å². The number of furan rings is 1. The second-order valence-corrected chi connectivity index (χ2v) is 12.9. The molecule has 0 aliphatic carbocycles. The average molecular weight is 711 g/mol. The number of rotatable bonds is 10. The molecule has 0 bridgehead atoms. The molecule has 0 radical (unpaired) electrons. The minimum absolute atomic E-state index is 0.800. The van der Waals surface area contributed by atoms with Gasteiger partial charge in [-0.3, -0.25) is 19.9 Å². The van der Waals surface area contributed by atoms with Crippen LogP contribution in [-0.2, 0) is 0 Å². The lowest BCUT2D eigenvalue weighted by Crippen LogP contribution is -2.09. The van der Waals surface area contributed by atoms with Gasteiger partial charge in [0.05, 0.1) is 0 Å². The van der Waals surface area contributed by atoms with Gasteiger partial charge in [-0.25, -0.2) is 0 Å². The number of hydrogen-bond acceptors (Lipinski definition) is 7. The summed E-state index contributed by atoms with van der Waals surface area (Å²) in [5.74, 6) is 1.60. The zero-order valence-electron chi connectivity index (χ0n) is 29.7. The zero-order valence-corrected chi connectivity index (χ0v) is 29.7. The van der Waals surface area contributed by atoms with Gasteiger partial charge in [-0.15, -0.1) is 0 Å². The molecule has 0 unspecified atom stereocenters. The Kier molecular flexibility index (Phi) is 9.15. The minimum atomic E-state index is 0.800. The van der Waals surface area contributed by atoms with Gasteiger partial charge in [-0.2, -0.15) is 0 Å². The van der Waals surface area contributed by atoms with Gasteiger partial charge in [0.25, 0.3) is 0 Å². The first kappa shape index (κ1) is 33.2.